The fourth-order valence-electron chi connectivity index (χ4n) is 4.86. The first-order valence-corrected chi connectivity index (χ1v) is 11.2. The maximum Gasteiger partial charge on any atom is 0.260 e. The molecule has 0 spiro atoms. The number of hydrogen-bond acceptors (Lipinski definition) is 5. The molecule has 0 aromatic carbocycles. The van der Waals surface area contributed by atoms with E-state index in [1.165, 1.54) is 4.68 Å². The molecule has 1 aromatic heterocycles. The lowest BCUT2D eigenvalue weighted by Crippen LogP contribution is -2.36. The van der Waals surface area contributed by atoms with Crippen LogP contribution in [-0.2, 0) is 21.8 Å². The SMILES string of the molecule is Cc1cc(S(=O)(=O)N2CC3CC(NCC4CCOCC4)CC3C2)n(C)n1. The van der Waals surface area contributed by atoms with Crippen molar-refractivity contribution in [2.24, 2.45) is 24.8 Å². The molecule has 3 aliphatic rings. The van der Waals surface area contributed by atoms with E-state index in [-0.39, 0.29) is 0 Å². The lowest BCUT2D eigenvalue weighted by molar-refractivity contribution is 0.0654. The normalized spacial score (nSPS) is 30.8. The van der Waals surface area contributed by atoms with Crippen molar-refractivity contribution in [3.05, 3.63) is 11.8 Å². The van der Waals surface area contributed by atoms with Gasteiger partial charge in [-0.05, 0) is 63.0 Å². The molecule has 4 rings (SSSR count). The molecule has 3 fully saturated rings. The van der Waals surface area contributed by atoms with Crippen LogP contribution in [-0.4, -0.2) is 61.4 Å². The Bertz CT molecular complexity index is 728. The Morgan fingerprint density at radius 1 is 1.23 bits per heavy atom. The van der Waals surface area contributed by atoms with E-state index in [2.05, 4.69) is 10.4 Å². The van der Waals surface area contributed by atoms with Crippen molar-refractivity contribution in [3.8, 4) is 0 Å². The lowest BCUT2D eigenvalue weighted by Gasteiger charge is -2.25. The van der Waals surface area contributed by atoms with Crippen LogP contribution < -0.4 is 5.32 Å². The van der Waals surface area contributed by atoms with E-state index >= 15 is 0 Å². The number of rotatable bonds is 5. The number of ether oxygens (including phenoxy) is 1. The first-order valence-electron chi connectivity index (χ1n) is 9.75. The van der Waals surface area contributed by atoms with Crippen LogP contribution in [0.5, 0.6) is 0 Å². The average Bonchev–Trinajstić information content (AvgIpc) is 3.27. The minimum Gasteiger partial charge on any atom is -0.381 e. The first kappa shape index (κ1) is 18.4. The first-order chi connectivity index (χ1) is 12.4. The van der Waals surface area contributed by atoms with Gasteiger partial charge in [0.2, 0.25) is 0 Å². The third-order valence-electron chi connectivity index (χ3n) is 6.32. The highest BCUT2D eigenvalue weighted by Crippen LogP contribution is 2.40. The summed E-state index contributed by atoms with van der Waals surface area (Å²) in [7, 11) is -1.74. The van der Waals surface area contributed by atoms with Gasteiger partial charge in [0, 0.05) is 39.4 Å². The van der Waals surface area contributed by atoms with Crippen molar-refractivity contribution < 1.29 is 13.2 Å². The van der Waals surface area contributed by atoms with Gasteiger partial charge in [0.25, 0.3) is 10.0 Å². The summed E-state index contributed by atoms with van der Waals surface area (Å²) in [5, 5.41) is 8.24. The van der Waals surface area contributed by atoms with Crippen LogP contribution in [0.15, 0.2) is 11.1 Å². The van der Waals surface area contributed by atoms with Gasteiger partial charge in [0.15, 0.2) is 5.03 Å². The van der Waals surface area contributed by atoms with Crippen LogP contribution in [0.3, 0.4) is 0 Å². The summed E-state index contributed by atoms with van der Waals surface area (Å²) in [5.74, 6) is 1.69. The monoisotopic (exact) mass is 382 g/mol. The molecule has 0 bridgehead atoms. The van der Waals surface area contributed by atoms with Crippen molar-refractivity contribution in [1.82, 2.24) is 19.4 Å². The van der Waals surface area contributed by atoms with Crippen LogP contribution in [0.4, 0.5) is 0 Å². The molecule has 1 aliphatic carbocycles. The fourth-order valence-corrected chi connectivity index (χ4v) is 6.60. The molecule has 2 atom stereocenters. The molecule has 0 amide bonds. The van der Waals surface area contributed by atoms with Gasteiger partial charge in [-0.1, -0.05) is 0 Å². The van der Waals surface area contributed by atoms with E-state index < -0.39 is 10.0 Å². The Labute approximate surface area is 156 Å². The Hall–Kier alpha value is -0.960. The number of nitrogens with zero attached hydrogens (tertiary/aromatic N) is 3. The fraction of sp³-hybridized carbons (Fsp3) is 0.833. The maximum absolute atomic E-state index is 13.0. The van der Waals surface area contributed by atoms with E-state index in [4.69, 9.17) is 4.74 Å². The quantitative estimate of drug-likeness (QED) is 0.827. The highest BCUT2D eigenvalue weighted by molar-refractivity contribution is 7.89. The largest absolute Gasteiger partial charge is 0.381 e. The molecule has 3 heterocycles. The van der Waals surface area contributed by atoms with Crippen molar-refractivity contribution in [2.75, 3.05) is 32.8 Å². The van der Waals surface area contributed by atoms with Crippen LogP contribution in [0.1, 0.15) is 31.4 Å². The van der Waals surface area contributed by atoms with E-state index in [1.807, 2.05) is 6.92 Å². The molecule has 1 saturated carbocycles. The van der Waals surface area contributed by atoms with E-state index in [9.17, 15) is 8.42 Å². The number of nitrogens with one attached hydrogen (secondary N) is 1. The summed E-state index contributed by atoms with van der Waals surface area (Å²) in [5.41, 5.74) is 0.739. The molecular formula is C18H30N4O3S. The van der Waals surface area contributed by atoms with E-state index in [1.54, 1.807) is 17.4 Å². The molecule has 2 unspecified atom stereocenters. The van der Waals surface area contributed by atoms with Gasteiger partial charge in [-0.25, -0.2) is 8.42 Å². The van der Waals surface area contributed by atoms with Gasteiger partial charge in [0.05, 0.1) is 5.69 Å². The summed E-state index contributed by atoms with van der Waals surface area (Å²) >= 11 is 0. The predicted molar refractivity (Wildman–Crippen MR) is 98.3 cm³/mol. The van der Waals surface area contributed by atoms with Gasteiger partial charge in [-0.2, -0.15) is 9.40 Å². The van der Waals surface area contributed by atoms with Crippen LogP contribution in [0, 0.1) is 24.7 Å². The molecule has 1 aromatic rings. The molecule has 146 valence electrons. The van der Waals surface area contributed by atoms with Crippen molar-refractivity contribution in [1.29, 1.82) is 0 Å². The van der Waals surface area contributed by atoms with Gasteiger partial charge in [-0.15, -0.1) is 0 Å². The molecule has 2 saturated heterocycles. The number of aryl methyl sites for hydroxylation is 2. The predicted octanol–water partition coefficient (Wildman–Crippen LogP) is 1.14. The summed E-state index contributed by atoms with van der Waals surface area (Å²) in [6.07, 6.45) is 4.49. The second-order valence-corrected chi connectivity index (χ2v) is 10.1. The molecular weight excluding hydrogens is 352 g/mol. The zero-order valence-corrected chi connectivity index (χ0v) is 16.5. The molecule has 7 nitrogen and oxygen atoms in total. The zero-order valence-electron chi connectivity index (χ0n) is 15.7. The highest BCUT2D eigenvalue weighted by atomic mass is 32.2. The molecule has 26 heavy (non-hydrogen) atoms. The zero-order chi connectivity index (χ0) is 18.3. The smallest absolute Gasteiger partial charge is 0.260 e. The van der Waals surface area contributed by atoms with Crippen molar-refractivity contribution in [3.63, 3.8) is 0 Å². The van der Waals surface area contributed by atoms with Crippen LogP contribution in [0.25, 0.3) is 0 Å². The van der Waals surface area contributed by atoms with Gasteiger partial charge >= 0.3 is 0 Å². The Balaban J connectivity index is 1.32. The van der Waals surface area contributed by atoms with E-state index in [0.717, 1.165) is 57.1 Å². The summed E-state index contributed by atoms with van der Waals surface area (Å²) in [6.45, 7) is 5.97. The number of sulfonamides is 1. The number of aromatic nitrogens is 2. The van der Waals surface area contributed by atoms with E-state index in [0.29, 0.717) is 36.0 Å². The molecule has 0 radical (unpaired) electrons. The number of fused-ring (bicyclic) bond motifs is 1. The minimum absolute atomic E-state index is 0.309. The second kappa shape index (κ2) is 7.22. The molecule has 1 N–H and O–H groups in total. The summed E-state index contributed by atoms with van der Waals surface area (Å²) in [4.78, 5) is 0. The van der Waals surface area contributed by atoms with Crippen molar-refractivity contribution in [2.45, 2.75) is 43.7 Å². The third-order valence-corrected chi connectivity index (χ3v) is 8.21. The Morgan fingerprint density at radius 3 is 2.46 bits per heavy atom. The van der Waals surface area contributed by atoms with Gasteiger partial charge in [-0.3, -0.25) is 4.68 Å². The van der Waals surface area contributed by atoms with Crippen LogP contribution >= 0.6 is 0 Å². The Kier molecular flexibility index (Phi) is 5.11. The van der Waals surface area contributed by atoms with Crippen LogP contribution in [0.2, 0.25) is 0 Å². The maximum atomic E-state index is 13.0. The summed E-state index contributed by atoms with van der Waals surface area (Å²) in [6, 6.07) is 2.21. The Morgan fingerprint density at radius 2 is 1.88 bits per heavy atom. The third kappa shape index (κ3) is 3.56. The minimum atomic E-state index is -3.44. The molecule has 2 aliphatic heterocycles. The topological polar surface area (TPSA) is 76.5 Å². The molecule has 8 heteroatoms. The highest BCUT2D eigenvalue weighted by Gasteiger charge is 2.45. The second-order valence-electron chi connectivity index (χ2n) is 8.22. The van der Waals surface area contributed by atoms with Gasteiger partial charge in [0.1, 0.15) is 0 Å². The van der Waals surface area contributed by atoms with Crippen molar-refractivity contribution >= 4 is 10.0 Å². The lowest BCUT2D eigenvalue weighted by atomic mass is 10.00. The van der Waals surface area contributed by atoms with Gasteiger partial charge < -0.3 is 10.1 Å². The summed E-state index contributed by atoms with van der Waals surface area (Å²) < 4.78 is 34.5. The standard InChI is InChI=1S/C18H30N4O3S/c1-13-7-18(21(2)20-13)26(23,24)22-11-15-8-17(9-16(15)12-22)19-10-14-3-5-25-6-4-14/h7,14-17,19H,3-6,8-12H2,1-2H3. The average molecular weight is 383 g/mol. The number of hydrogen-bond donors (Lipinski definition) is 1.